The minimum atomic E-state index is -1.02. The average Bonchev–Trinajstić information content (AvgIpc) is 2.92. The zero-order chi connectivity index (χ0) is 27.6. The number of unbranched alkanes of at least 4 members (excludes halogenated alkanes) is 1. The van der Waals surface area contributed by atoms with Gasteiger partial charge in [0.2, 0.25) is 0 Å². The summed E-state index contributed by atoms with van der Waals surface area (Å²) in [7, 11) is 0. The molecule has 0 heterocycles. The number of carbonyl (C=O) groups is 3. The highest BCUT2D eigenvalue weighted by Gasteiger charge is 2.27. The molecule has 8 heteroatoms. The number of aliphatic carboxylic acids is 1. The molecule has 0 aliphatic heterocycles. The second-order valence-corrected chi connectivity index (χ2v) is 8.95. The van der Waals surface area contributed by atoms with Gasteiger partial charge in [0.05, 0.1) is 6.61 Å². The van der Waals surface area contributed by atoms with Crippen LogP contribution in [-0.4, -0.2) is 54.3 Å². The maximum atomic E-state index is 12.5. The molecule has 0 saturated heterocycles. The van der Waals surface area contributed by atoms with Gasteiger partial charge in [-0.2, -0.15) is 0 Å². The van der Waals surface area contributed by atoms with Crippen LogP contribution in [0.5, 0.6) is 0 Å². The lowest BCUT2D eigenvalue weighted by molar-refractivity contribution is -0.147. The molecule has 2 aromatic carbocycles. The molecule has 0 aliphatic rings. The molecule has 8 nitrogen and oxygen atoms in total. The van der Waals surface area contributed by atoms with Crippen LogP contribution in [-0.2, 0) is 36.7 Å². The molecule has 0 saturated carbocycles. The molecule has 0 amide bonds. The van der Waals surface area contributed by atoms with Gasteiger partial charge in [-0.25, -0.2) is 4.79 Å². The number of terminal acetylenes is 1. The van der Waals surface area contributed by atoms with Gasteiger partial charge in [0, 0.05) is 0 Å². The van der Waals surface area contributed by atoms with Crippen LogP contribution < -0.4 is 10.6 Å². The van der Waals surface area contributed by atoms with Crippen molar-refractivity contribution in [2.24, 2.45) is 0 Å². The van der Waals surface area contributed by atoms with Crippen molar-refractivity contribution in [1.29, 1.82) is 0 Å². The van der Waals surface area contributed by atoms with E-state index in [0.717, 1.165) is 11.1 Å². The number of ether oxygens (including phenoxy) is 2. The van der Waals surface area contributed by atoms with Gasteiger partial charge < -0.3 is 19.9 Å². The summed E-state index contributed by atoms with van der Waals surface area (Å²) in [5.74, 6) is -1.99. The fourth-order valence-corrected chi connectivity index (χ4v) is 4.13. The van der Waals surface area contributed by atoms with Gasteiger partial charge in [-0.1, -0.05) is 73.5 Å². The van der Waals surface area contributed by atoms with Crippen LogP contribution in [0, 0.1) is 12.5 Å². The molecule has 2 rings (SSSR count). The van der Waals surface area contributed by atoms with Crippen molar-refractivity contribution in [3.05, 3.63) is 71.8 Å². The first-order valence-corrected chi connectivity index (χ1v) is 13.1. The summed E-state index contributed by atoms with van der Waals surface area (Å²) in [5, 5.41) is 15.9. The van der Waals surface area contributed by atoms with Crippen molar-refractivity contribution in [2.75, 3.05) is 13.2 Å². The average molecular weight is 523 g/mol. The Morgan fingerprint density at radius 2 is 1.42 bits per heavy atom. The topological polar surface area (TPSA) is 114 Å². The van der Waals surface area contributed by atoms with Crippen LogP contribution in [0.1, 0.15) is 50.2 Å². The van der Waals surface area contributed by atoms with Crippen LogP contribution in [0.3, 0.4) is 0 Å². The lowest BCUT2D eigenvalue weighted by Crippen LogP contribution is -2.48. The minimum Gasteiger partial charge on any atom is -0.480 e. The fourth-order valence-electron chi connectivity index (χ4n) is 4.13. The Balaban J connectivity index is 1.85. The molecule has 0 aliphatic carbocycles. The van der Waals surface area contributed by atoms with Gasteiger partial charge in [-0.05, 0) is 63.1 Å². The molecule has 2 aromatic rings. The summed E-state index contributed by atoms with van der Waals surface area (Å²) in [6, 6.07) is 17.3. The van der Waals surface area contributed by atoms with Crippen LogP contribution in [0.15, 0.2) is 60.7 Å². The SMILES string of the molecule is C#COC(=O)[C@H](CCc1ccccc1)NCCCC[C@H](N[C@@H](CCc1ccccc1)C(=O)OCC)C(=O)O. The van der Waals surface area contributed by atoms with E-state index in [1.807, 2.05) is 66.8 Å². The monoisotopic (exact) mass is 522 g/mol. The number of carboxylic acids is 1. The quantitative estimate of drug-likeness (QED) is 0.155. The Kier molecular flexibility index (Phi) is 14.3. The number of esters is 2. The first-order valence-electron chi connectivity index (χ1n) is 13.1. The van der Waals surface area contributed by atoms with Crippen LogP contribution >= 0.6 is 0 Å². The third-order valence-corrected chi connectivity index (χ3v) is 6.15. The Morgan fingerprint density at radius 3 is 1.95 bits per heavy atom. The predicted molar refractivity (Wildman–Crippen MR) is 145 cm³/mol. The molecule has 38 heavy (non-hydrogen) atoms. The summed E-state index contributed by atoms with van der Waals surface area (Å²) in [6.45, 7) is 2.43. The van der Waals surface area contributed by atoms with Gasteiger partial charge in [-0.3, -0.25) is 14.9 Å². The zero-order valence-electron chi connectivity index (χ0n) is 21.9. The Labute approximate surface area is 225 Å². The highest BCUT2D eigenvalue weighted by atomic mass is 16.5. The highest BCUT2D eigenvalue weighted by Crippen LogP contribution is 2.11. The summed E-state index contributed by atoms with van der Waals surface area (Å²) < 4.78 is 9.93. The van der Waals surface area contributed by atoms with Gasteiger partial charge in [0.1, 0.15) is 24.2 Å². The highest BCUT2D eigenvalue weighted by molar-refractivity contribution is 5.78. The van der Waals surface area contributed by atoms with Crippen molar-refractivity contribution in [3.8, 4) is 12.5 Å². The van der Waals surface area contributed by atoms with Gasteiger partial charge in [0.25, 0.3) is 0 Å². The van der Waals surface area contributed by atoms with Crippen molar-refractivity contribution >= 4 is 17.9 Å². The van der Waals surface area contributed by atoms with E-state index in [4.69, 9.17) is 15.9 Å². The Bertz CT molecular complexity index is 1020. The number of nitrogens with one attached hydrogen (secondary N) is 2. The van der Waals surface area contributed by atoms with E-state index in [1.54, 1.807) is 6.92 Å². The molecule has 0 radical (unpaired) electrons. The second kappa shape index (κ2) is 17.7. The Hall–Kier alpha value is -3.67. The largest absolute Gasteiger partial charge is 0.480 e. The summed E-state index contributed by atoms with van der Waals surface area (Å²) in [5.41, 5.74) is 2.17. The van der Waals surface area contributed by atoms with Gasteiger partial charge in [0.15, 0.2) is 0 Å². The molecular weight excluding hydrogens is 484 g/mol. The number of rotatable bonds is 18. The van der Waals surface area contributed by atoms with E-state index >= 15 is 0 Å². The first-order chi connectivity index (χ1) is 18.4. The molecule has 204 valence electrons. The maximum Gasteiger partial charge on any atom is 0.337 e. The third kappa shape index (κ3) is 11.6. The smallest absolute Gasteiger partial charge is 0.337 e. The third-order valence-electron chi connectivity index (χ3n) is 6.15. The maximum absolute atomic E-state index is 12.5. The normalized spacial score (nSPS) is 13.1. The molecule has 0 bridgehead atoms. The lowest BCUT2D eigenvalue weighted by Gasteiger charge is -2.22. The summed E-state index contributed by atoms with van der Waals surface area (Å²) in [4.78, 5) is 36.7. The molecule has 0 spiro atoms. The summed E-state index contributed by atoms with van der Waals surface area (Å²) >= 11 is 0. The van der Waals surface area contributed by atoms with Gasteiger partial charge in [-0.15, -0.1) is 0 Å². The van der Waals surface area contributed by atoms with E-state index in [2.05, 4.69) is 10.6 Å². The van der Waals surface area contributed by atoms with E-state index in [-0.39, 0.29) is 6.61 Å². The molecule has 3 atom stereocenters. The van der Waals surface area contributed by atoms with Crippen LogP contribution in [0.25, 0.3) is 0 Å². The number of hydrogen-bond donors (Lipinski definition) is 3. The summed E-state index contributed by atoms with van der Waals surface area (Å²) in [6.07, 6.45) is 10.8. The molecular formula is C30H38N2O6. The zero-order valence-corrected chi connectivity index (χ0v) is 21.9. The fraction of sp³-hybridized carbons (Fsp3) is 0.433. The lowest BCUT2D eigenvalue weighted by atomic mass is 10.0. The van der Waals surface area contributed by atoms with Crippen molar-refractivity contribution < 1.29 is 29.0 Å². The molecule has 0 aromatic heterocycles. The van der Waals surface area contributed by atoms with E-state index in [1.165, 1.54) is 0 Å². The van der Waals surface area contributed by atoms with Crippen LogP contribution in [0.4, 0.5) is 0 Å². The molecule has 0 fully saturated rings. The van der Waals surface area contributed by atoms with Crippen LogP contribution in [0.2, 0.25) is 0 Å². The van der Waals surface area contributed by atoms with Crippen molar-refractivity contribution in [3.63, 3.8) is 0 Å². The number of benzene rings is 2. The first kappa shape index (κ1) is 30.6. The standard InChI is InChI=1S/C30H38N2O6/c1-3-37-29(35)26(20-18-23-13-7-5-8-14-23)31-22-12-11-17-25(28(33)34)32-27(30(36)38-4-2)21-19-24-15-9-6-10-16-24/h1,5-10,13-16,25-27,31-32H,4,11-12,17-22H2,2H3,(H,33,34)/t25-,26-,27-/m0/s1. The Morgan fingerprint density at radius 1 is 0.842 bits per heavy atom. The number of hydrogen-bond acceptors (Lipinski definition) is 7. The van der Waals surface area contributed by atoms with Crippen molar-refractivity contribution in [1.82, 2.24) is 10.6 Å². The van der Waals surface area contributed by atoms with E-state index < -0.39 is 36.0 Å². The molecule has 0 unspecified atom stereocenters. The predicted octanol–water partition coefficient (Wildman–Crippen LogP) is 3.49. The molecule has 3 N–H and O–H groups in total. The number of aryl methyl sites for hydroxylation is 2. The van der Waals surface area contributed by atoms with Crippen molar-refractivity contribution in [2.45, 2.75) is 70.0 Å². The second-order valence-electron chi connectivity index (χ2n) is 8.95. The minimum absolute atomic E-state index is 0.222. The van der Waals surface area contributed by atoms with E-state index in [9.17, 15) is 19.5 Å². The number of carbonyl (C=O) groups excluding carboxylic acids is 2. The number of carboxylic acid groups (broad SMARTS) is 1. The van der Waals surface area contributed by atoms with E-state index in [0.29, 0.717) is 51.5 Å². The van der Waals surface area contributed by atoms with Gasteiger partial charge >= 0.3 is 17.9 Å².